The number of thioether (sulfide) groups is 1. The molecule has 2 aromatic rings. The molecule has 2 atom stereocenters. The van der Waals surface area contributed by atoms with Crippen LogP contribution < -0.4 is 0 Å². The lowest BCUT2D eigenvalue weighted by Crippen LogP contribution is -2.29. The summed E-state index contributed by atoms with van der Waals surface area (Å²) in [5, 5.41) is 0.222. The van der Waals surface area contributed by atoms with Crippen LogP contribution in [0.4, 0.5) is 0 Å². The third kappa shape index (κ3) is 2.16. The van der Waals surface area contributed by atoms with Crippen LogP contribution in [-0.2, 0) is 0 Å². The molecule has 1 aliphatic heterocycles. The minimum absolute atomic E-state index is 0.0508. The largest absolute Gasteiger partial charge is 0.293 e. The zero-order chi connectivity index (χ0) is 14.2. The molecule has 1 heterocycles. The second-order valence-corrected chi connectivity index (χ2v) is 6.54. The molecule has 2 unspecified atom stereocenters. The molecule has 0 aromatic heterocycles. The minimum Gasteiger partial charge on any atom is -0.293 e. The summed E-state index contributed by atoms with van der Waals surface area (Å²) in [5.41, 5.74) is 3.18. The molecule has 102 valence electrons. The average molecular weight is 290 g/mol. The molecule has 4 rings (SSSR count). The molecular weight excluding hydrogens is 276 g/mol. The number of benzene rings is 2. The van der Waals surface area contributed by atoms with Crippen molar-refractivity contribution in [1.82, 2.24) is 0 Å². The van der Waals surface area contributed by atoms with Gasteiger partial charge in [0.05, 0.1) is 5.92 Å². The lowest BCUT2D eigenvalue weighted by molar-refractivity contribution is 0.0942. The molecular formula is C19H14OS. The first-order chi connectivity index (χ1) is 10.3. The van der Waals surface area contributed by atoms with E-state index in [1.54, 1.807) is 11.8 Å². The Hall–Kier alpha value is -2.06. The van der Waals surface area contributed by atoms with Gasteiger partial charge in [0.2, 0.25) is 0 Å². The average Bonchev–Trinajstić information content (AvgIpc) is 2.56. The maximum atomic E-state index is 12.7. The SMILES string of the molecule is O=C1c2ccccc2SC2C=CC(c3ccccc3)=CC12. The van der Waals surface area contributed by atoms with Gasteiger partial charge in [-0.05, 0) is 17.2 Å². The van der Waals surface area contributed by atoms with Crippen LogP contribution in [0.25, 0.3) is 5.57 Å². The Bertz CT molecular complexity index is 758. The van der Waals surface area contributed by atoms with Gasteiger partial charge in [0.25, 0.3) is 0 Å². The lowest BCUT2D eigenvalue weighted by Gasteiger charge is -2.30. The number of hydrogen-bond donors (Lipinski definition) is 0. The molecule has 2 aromatic carbocycles. The highest BCUT2D eigenvalue weighted by Gasteiger charge is 2.35. The Labute approximate surface area is 128 Å². The van der Waals surface area contributed by atoms with Crippen molar-refractivity contribution in [2.24, 2.45) is 5.92 Å². The zero-order valence-electron chi connectivity index (χ0n) is 11.4. The summed E-state index contributed by atoms with van der Waals surface area (Å²) >= 11 is 1.79. The van der Waals surface area contributed by atoms with Crippen LogP contribution in [0, 0.1) is 5.92 Å². The second-order valence-electron chi connectivity index (χ2n) is 5.32. The Balaban J connectivity index is 1.75. The van der Waals surface area contributed by atoms with E-state index in [9.17, 15) is 4.79 Å². The molecule has 1 nitrogen and oxygen atoms in total. The third-order valence-corrected chi connectivity index (χ3v) is 5.34. The predicted octanol–water partition coefficient (Wildman–Crippen LogP) is 4.61. The van der Waals surface area contributed by atoms with E-state index in [-0.39, 0.29) is 17.0 Å². The van der Waals surface area contributed by atoms with Crippen LogP contribution in [0.15, 0.2) is 77.7 Å². The monoisotopic (exact) mass is 290 g/mol. The second kappa shape index (κ2) is 5.05. The highest BCUT2D eigenvalue weighted by molar-refractivity contribution is 8.00. The van der Waals surface area contributed by atoms with Gasteiger partial charge in [0.1, 0.15) is 0 Å². The molecule has 0 bridgehead atoms. The van der Waals surface area contributed by atoms with Crippen LogP contribution in [0.3, 0.4) is 0 Å². The maximum Gasteiger partial charge on any atom is 0.172 e. The molecule has 1 aliphatic carbocycles. The molecule has 0 saturated carbocycles. The summed E-state index contributed by atoms with van der Waals surface area (Å²) in [4.78, 5) is 13.8. The van der Waals surface area contributed by atoms with Crippen molar-refractivity contribution >= 4 is 23.1 Å². The van der Waals surface area contributed by atoms with E-state index in [1.807, 2.05) is 42.5 Å². The number of fused-ring (bicyclic) bond motifs is 2. The summed E-state index contributed by atoms with van der Waals surface area (Å²) < 4.78 is 0. The van der Waals surface area contributed by atoms with Gasteiger partial charge in [-0.2, -0.15) is 0 Å². The Morgan fingerprint density at radius 3 is 2.52 bits per heavy atom. The van der Waals surface area contributed by atoms with Crippen molar-refractivity contribution in [3.05, 3.63) is 84.0 Å². The molecule has 0 N–H and O–H groups in total. The fraction of sp³-hybridized carbons (Fsp3) is 0.105. The van der Waals surface area contributed by atoms with Gasteiger partial charge in [-0.15, -0.1) is 11.8 Å². The molecule has 0 radical (unpaired) electrons. The van der Waals surface area contributed by atoms with Crippen LogP contribution in [0.2, 0.25) is 0 Å². The van der Waals surface area contributed by atoms with E-state index < -0.39 is 0 Å². The van der Waals surface area contributed by atoms with Gasteiger partial charge >= 0.3 is 0 Å². The number of carbonyl (C=O) groups excluding carboxylic acids is 1. The van der Waals surface area contributed by atoms with E-state index in [0.717, 1.165) is 16.0 Å². The predicted molar refractivity (Wildman–Crippen MR) is 87.5 cm³/mol. The van der Waals surface area contributed by atoms with E-state index in [0.29, 0.717) is 0 Å². The zero-order valence-corrected chi connectivity index (χ0v) is 12.2. The van der Waals surface area contributed by atoms with Crippen molar-refractivity contribution in [2.45, 2.75) is 10.1 Å². The van der Waals surface area contributed by atoms with Crippen molar-refractivity contribution in [3.63, 3.8) is 0 Å². The van der Waals surface area contributed by atoms with Crippen LogP contribution in [0.5, 0.6) is 0 Å². The van der Waals surface area contributed by atoms with E-state index in [2.05, 4.69) is 30.4 Å². The molecule has 2 aliphatic rings. The molecule has 0 fully saturated rings. The summed E-state index contributed by atoms with van der Waals surface area (Å²) in [6.07, 6.45) is 6.45. The number of Topliss-reactive ketones (excluding diaryl/α,β-unsaturated/α-hetero) is 1. The quantitative estimate of drug-likeness (QED) is 0.762. The topological polar surface area (TPSA) is 17.1 Å². The summed E-state index contributed by atoms with van der Waals surface area (Å²) in [7, 11) is 0. The van der Waals surface area contributed by atoms with Gasteiger partial charge in [0.15, 0.2) is 5.78 Å². The maximum absolute atomic E-state index is 12.7. The highest BCUT2D eigenvalue weighted by Crippen LogP contribution is 2.42. The third-order valence-electron chi connectivity index (χ3n) is 4.00. The van der Waals surface area contributed by atoms with Crippen molar-refractivity contribution in [2.75, 3.05) is 0 Å². The first kappa shape index (κ1) is 12.7. The Kier molecular flexibility index (Phi) is 3.04. The number of rotatable bonds is 1. The summed E-state index contributed by atoms with van der Waals surface area (Å²) in [6, 6.07) is 18.2. The first-order valence-electron chi connectivity index (χ1n) is 7.08. The van der Waals surface area contributed by atoms with Crippen LogP contribution in [0.1, 0.15) is 15.9 Å². The number of ketones is 1. The highest BCUT2D eigenvalue weighted by atomic mass is 32.2. The van der Waals surface area contributed by atoms with E-state index in [1.165, 1.54) is 5.56 Å². The standard InChI is InChI=1S/C19H14OS/c20-19-15-8-4-5-9-17(15)21-18-11-10-14(12-16(18)19)13-6-2-1-3-7-13/h1-12,16,18H. The van der Waals surface area contributed by atoms with E-state index in [4.69, 9.17) is 0 Å². The smallest absolute Gasteiger partial charge is 0.172 e. The van der Waals surface area contributed by atoms with Gasteiger partial charge in [0, 0.05) is 15.7 Å². The van der Waals surface area contributed by atoms with Crippen LogP contribution >= 0.6 is 11.8 Å². The Morgan fingerprint density at radius 1 is 0.905 bits per heavy atom. The molecule has 2 heteroatoms. The van der Waals surface area contributed by atoms with Crippen molar-refractivity contribution in [3.8, 4) is 0 Å². The van der Waals surface area contributed by atoms with Gasteiger partial charge < -0.3 is 0 Å². The van der Waals surface area contributed by atoms with Gasteiger partial charge in [-0.25, -0.2) is 0 Å². The fourth-order valence-electron chi connectivity index (χ4n) is 2.92. The van der Waals surface area contributed by atoms with Crippen molar-refractivity contribution in [1.29, 1.82) is 0 Å². The normalized spacial score (nSPS) is 23.2. The Morgan fingerprint density at radius 2 is 1.67 bits per heavy atom. The number of allylic oxidation sites excluding steroid dienone is 3. The van der Waals surface area contributed by atoms with E-state index >= 15 is 0 Å². The summed E-state index contributed by atoms with van der Waals surface area (Å²) in [6.45, 7) is 0. The first-order valence-corrected chi connectivity index (χ1v) is 7.96. The molecule has 21 heavy (non-hydrogen) atoms. The van der Waals surface area contributed by atoms with Gasteiger partial charge in [-0.3, -0.25) is 4.79 Å². The fourth-order valence-corrected chi connectivity index (χ4v) is 4.17. The number of carbonyl (C=O) groups is 1. The number of hydrogen-bond acceptors (Lipinski definition) is 2. The van der Waals surface area contributed by atoms with Crippen molar-refractivity contribution < 1.29 is 4.79 Å². The molecule has 0 spiro atoms. The molecule has 0 amide bonds. The minimum atomic E-state index is -0.0508. The van der Waals surface area contributed by atoms with Crippen LogP contribution in [-0.4, -0.2) is 11.0 Å². The lowest BCUT2D eigenvalue weighted by atomic mass is 9.86. The summed E-state index contributed by atoms with van der Waals surface area (Å²) in [5.74, 6) is 0.192. The van der Waals surface area contributed by atoms with Gasteiger partial charge in [-0.1, -0.05) is 66.8 Å². The molecule has 0 saturated heterocycles.